The summed E-state index contributed by atoms with van der Waals surface area (Å²) in [5.41, 5.74) is 2.25. The fourth-order valence-corrected chi connectivity index (χ4v) is 3.54. The Morgan fingerprint density at radius 1 is 0.833 bits per heavy atom. The van der Waals surface area contributed by atoms with Crippen molar-refractivity contribution in [1.29, 1.82) is 0 Å². The molecule has 0 atom stereocenters. The van der Waals surface area contributed by atoms with Crippen molar-refractivity contribution < 1.29 is 19.0 Å². The first-order valence-electron chi connectivity index (χ1n) is 10.2. The van der Waals surface area contributed by atoms with Crippen LogP contribution in [0.4, 0.5) is 0 Å². The maximum atomic E-state index is 12.4. The van der Waals surface area contributed by atoms with Crippen LogP contribution in [-0.2, 0) is 17.9 Å². The van der Waals surface area contributed by atoms with Crippen molar-refractivity contribution in [3.8, 4) is 17.2 Å². The second-order valence-electron chi connectivity index (χ2n) is 7.37. The van der Waals surface area contributed by atoms with Crippen molar-refractivity contribution in [2.45, 2.75) is 13.1 Å². The third kappa shape index (κ3) is 6.11. The molecule has 3 rings (SSSR count). The number of carbonyl (C=O) groups is 1. The van der Waals surface area contributed by atoms with Crippen LogP contribution < -0.4 is 19.5 Å². The average molecular weight is 414 g/mol. The number of methoxy groups -OCH3 is 3. The first kappa shape index (κ1) is 21.9. The van der Waals surface area contributed by atoms with Crippen LogP contribution >= 0.6 is 0 Å². The van der Waals surface area contributed by atoms with E-state index < -0.39 is 0 Å². The summed E-state index contributed by atoms with van der Waals surface area (Å²) < 4.78 is 15.8. The SMILES string of the molecule is COc1ccc(CN2CCN(CC(=O)NCc3ccc(OC)c(OC)c3)CC2)cc1. The molecule has 0 spiro atoms. The fourth-order valence-electron chi connectivity index (χ4n) is 3.54. The van der Waals surface area contributed by atoms with Gasteiger partial charge in [-0.2, -0.15) is 0 Å². The molecule has 0 radical (unpaired) electrons. The van der Waals surface area contributed by atoms with Crippen LogP contribution in [0.1, 0.15) is 11.1 Å². The van der Waals surface area contributed by atoms with E-state index in [0.717, 1.165) is 44.0 Å². The zero-order valence-corrected chi connectivity index (χ0v) is 18.0. The van der Waals surface area contributed by atoms with Gasteiger partial charge in [-0.15, -0.1) is 0 Å². The van der Waals surface area contributed by atoms with Gasteiger partial charge in [0.15, 0.2) is 11.5 Å². The van der Waals surface area contributed by atoms with Gasteiger partial charge in [-0.05, 0) is 35.4 Å². The molecular formula is C23H31N3O4. The van der Waals surface area contributed by atoms with Gasteiger partial charge in [0.1, 0.15) is 5.75 Å². The summed E-state index contributed by atoms with van der Waals surface area (Å²) in [6.45, 7) is 5.49. The Bertz CT molecular complexity index is 818. The minimum Gasteiger partial charge on any atom is -0.497 e. The molecule has 1 N–H and O–H groups in total. The van der Waals surface area contributed by atoms with Crippen LogP contribution in [0.3, 0.4) is 0 Å². The van der Waals surface area contributed by atoms with Crippen LogP contribution in [-0.4, -0.2) is 69.8 Å². The lowest BCUT2D eigenvalue weighted by atomic mass is 10.2. The number of rotatable bonds is 9. The first-order chi connectivity index (χ1) is 14.6. The summed E-state index contributed by atoms with van der Waals surface area (Å²) in [6.07, 6.45) is 0. The highest BCUT2D eigenvalue weighted by molar-refractivity contribution is 5.78. The fraction of sp³-hybridized carbons (Fsp3) is 0.435. The zero-order chi connectivity index (χ0) is 21.3. The van der Waals surface area contributed by atoms with E-state index in [4.69, 9.17) is 14.2 Å². The van der Waals surface area contributed by atoms with Gasteiger partial charge in [-0.25, -0.2) is 0 Å². The van der Waals surface area contributed by atoms with Gasteiger partial charge in [-0.1, -0.05) is 18.2 Å². The van der Waals surface area contributed by atoms with E-state index in [-0.39, 0.29) is 5.91 Å². The number of carbonyl (C=O) groups excluding carboxylic acids is 1. The number of piperazine rings is 1. The maximum Gasteiger partial charge on any atom is 0.234 e. The molecule has 1 saturated heterocycles. The predicted molar refractivity (Wildman–Crippen MR) is 116 cm³/mol. The number of hydrogen-bond acceptors (Lipinski definition) is 6. The maximum absolute atomic E-state index is 12.4. The van der Waals surface area contributed by atoms with Gasteiger partial charge in [0.25, 0.3) is 0 Å². The third-order valence-corrected chi connectivity index (χ3v) is 5.33. The van der Waals surface area contributed by atoms with Crippen molar-refractivity contribution in [1.82, 2.24) is 15.1 Å². The second-order valence-corrected chi connectivity index (χ2v) is 7.37. The van der Waals surface area contributed by atoms with Crippen LogP contribution in [0.15, 0.2) is 42.5 Å². The molecule has 2 aromatic rings. The molecule has 1 fully saturated rings. The van der Waals surface area contributed by atoms with E-state index in [1.54, 1.807) is 21.3 Å². The molecule has 2 aromatic carbocycles. The zero-order valence-electron chi connectivity index (χ0n) is 18.0. The molecule has 162 valence electrons. The lowest BCUT2D eigenvalue weighted by Crippen LogP contribution is -2.49. The summed E-state index contributed by atoms with van der Waals surface area (Å²) in [4.78, 5) is 17.0. The van der Waals surface area contributed by atoms with Crippen molar-refractivity contribution >= 4 is 5.91 Å². The topological polar surface area (TPSA) is 63.3 Å². The van der Waals surface area contributed by atoms with Gasteiger partial charge in [0, 0.05) is 39.3 Å². The molecule has 1 heterocycles. The van der Waals surface area contributed by atoms with Crippen molar-refractivity contribution in [3.05, 3.63) is 53.6 Å². The lowest BCUT2D eigenvalue weighted by molar-refractivity contribution is -0.122. The molecule has 1 aliphatic heterocycles. The van der Waals surface area contributed by atoms with E-state index in [9.17, 15) is 4.79 Å². The Balaban J connectivity index is 1.39. The Labute approximate surface area is 178 Å². The van der Waals surface area contributed by atoms with E-state index in [0.29, 0.717) is 24.6 Å². The molecule has 7 nitrogen and oxygen atoms in total. The molecule has 30 heavy (non-hydrogen) atoms. The minimum absolute atomic E-state index is 0.0355. The molecule has 0 bridgehead atoms. The molecule has 1 amide bonds. The smallest absolute Gasteiger partial charge is 0.234 e. The molecule has 0 aromatic heterocycles. The molecule has 1 aliphatic rings. The molecule has 0 saturated carbocycles. The standard InChI is InChI=1S/C23H31N3O4/c1-28-20-7-4-18(5-8-20)16-25-10-12-26(13-11-25)17-23(27)24-15-19-6-9-21(29-2)22(14-19)30-3/h4-9,14H,10-13,15-17H2,1-3H3,(H,24,27). The van der Waals surface area contributed by atoms with Crippen LogP contribution in [0, 0.1) is 0 Å². The first-order valence-corrected chi connectivity index (χ1v) is 10.2. The number of hydrogen-bond donors (Lipinski definition) is 1. The second kappa shape index (κ2) is 10.8. The Morgan fingerprint density at radius 2 is 1.47 bits per heavy atom. The number of ether oxygens (including phenoxy) is 3. The van der Waals surface area contributed by atoms with E-state index in [1.807, 2.05) is 30.3 Å². The van der Waals surface area contributed by atoms with Gasteiger partial charge >= 0.3 is 0 Å². The number of amides is 1. The van der Waals surface area contributed by atoms with Crippen LogP contribution in [0.5, 0.6) is 17.2 Å². The highest BCUT2D eigenvalue weighted by Gasteiger charge is 2.19. The monoisotopic (exact) mass is 413 g/mol. The van der Waals surface area contributed by atoms with Crippen molar-refractivity contribution in [2.24, 2.45) is 0 Å². The molecule has 0 aliphatic carbocycles. The van der Waals surface area contributed by atoms with E-state index >= 15 is 0 Å². The Morgan fingerprint density at radius 3 is 2.10 bits per heavy atom. The van der Waals surface area contributed by atoms with Gasteiger partial charge in [0.2, 0.25) is 5.91 Å². The highest BCUT2D eigenvalue weighted by Crippen LogP contribution is 2.27. The van der Waals surface area contributed by atoms with Crippen molar-refractivity contribution in [2.75, 3.05) is 54.1 Å². The minimum atomic E-state index is 0.0355. The number of nitrogens with one attached hydrogen (secondary N) is 1. The Kier molecular flexibility index (Phi) is 7.93. The lowest BCUT2D eigenvalue weighted by Gasteiger charge is -2.34. The van der Waals surface area contributed by atoms with Gasteiger partial charge in [-0.3, -0.25) is 14.6 Å². The quantitative estimate of drug-likeness (QED) is 0.680. The van der Waals surface area contributed by atoms with E-state index in [1.165, 1.54) is 5.56 Å². The molecule has 7 heteroatoms. The molecular weight excluding hydrogens is 382 g/mol. The normalized spacial score (nSPS) is 14.9. The van der Waals surface area contributed by atoms with Gasteiger partial charge < -0.3 is 19.5 Å². The summed E-state index contributed by atoms with van der Waals surface area (Å²) in [5, 5.41) is 2.99. The van der Waals surface area contributed by atoms with E-state index in [2.05, 4.69) is 27.2 Å². The average Bonchev–Trinajstić information content (AvgIpc) is 2.79. The largest absolute Gasteiger partial charge is 0.497 e. The van der Waals surface area contributed by atoms with Gasteiger partial charge in [0.05, 0.1) is 27.9 Å². The number of nitrogens with zero attached hydrogens (tertiary/aromatic N) is 2. The Hall–Kier alpha value is -2.77. The summed E-state index contributed by atoms with van der Waals surface area (Å²) in [7, 11) is 4.89. The molecule has 0 unspecified atom stereocenters. The highest BCUT2D eigenvalue weighted by atomic mass is 16.5. The summed E-state index contributed by atoms with van der Waals surface area (Å²) >= 11 is 0. The summed E-state index contributed by atoms with van der Waals surface area (Å²) in [5.74, 6) is 2.26. The van der Waals surface area contributed by atoms with Crippen molar-refractivity contribution in [3.63, 3.8) is 0 Å². The van der Waals surface area contributed by atoms with Crippen LogP contribution in [0.25, 0.3) is 0 Å². The number of benzene rings is 2. The summed E-state index contributed by atoms with van der Waals surface area (Å²) in [6, 6.07) is 13.9. The predicted octanol–water partition coefficient (Wildman–Crippen LogP) is 2.15. The van der Waals surface area contributed by atoms with Crippen LogP contribution in [0.2, 0.25) is 0 Å². The third-order valence-electron chi connectivity index (χ3n) is 5.33.